The zero-order valence-corrected chi connectivity index (χ0v) is 15.8. The zero-order valence-electron chi connectivity index (χ0n) is 15.0. The second-order valence-corrected chi connectivity index (χ2v) is 7.34. The number of aromatic nitrogens is 1. The number of anilines is 1. The van der Waals surface area contributed by atoms with Crippen molar-refractivity contribution in [1.82, 2.24) is 10.3 Å². The predicted octanol–water partition coefficient (Wildman–Crippen LogP) is 3.45. The smallest absolute Gasteiger partial charge is 0.249 e. The molecule has 2 aromatic rings. The van der Waals surface area contributed by atoms with Gasteiger partial charge in [0.05, 0.1) is 12.8 Å². The fourth-order valence-corrected chi connectivity index (χ4v) is 4.04. The second kappa shape index (κ2) is 8.31. The molecule has 1 unspecified atom stereocenters. The van der Waals surface area contributed by atoms with Gasteiger partial charge in [-0.25, -0.2) is 4.98 Å². The summed E-state index contributed by atoms with van der Waals surface area (Å²) in [6.07, 6.45) is 4.14. The lowest BCUT2D eigenvalue weighted by atomic mass is 9.97. The molecule has 2 amide bonds. The monoisotopic (exact) mass is 373 g/mol. The summed E-state index contributed by atoms with van der Waals surface area (Å²) in [7, 11) is 1.63. The molecule has 0 aliphatic heterocycles. The van der Waals surface area contributed by atoms with E-state index in [2.05, 4.69) is 15.6 Å². The van der Waals surface area contributed by atoms with Gasteiger partial charge in [-0.1, -0.05) is 12.8 Å². The molecule has 1 aliphatic rings. The van der Waals surface area contributed by atoms with E-state index in [9.17, 15) is 9.59 Å². The first kappa shape index (κ1) is 18.4. The molecule has 3 rings (SSSR count). The van der Waals surface area contributed by atoms with Crippen molar-refractivity contribution in [3.63, 3.8) is 0 Å². The lowest BCUT2D eigenvalue weighted by molar-refractivity contribution is -0.126. The van der Waals surface area contributed by atoms with Crippen molar-refractivity contribution in [3.8, 4) is 17.0 Å². The number of ether oxygens (including phenoxy) is 1. The van der Waals surface area contributed by atoms with E-state index in [-0.39, 0.29) is 17.7 Å². The van der Waals surface area contributed by atoms with Gasteiger partial charge < -0.3 is 15.4 Å². The van der Waals surface area contributed by atoms with Crippen LogP contribution in [-0.2, 0) is 9.59 Å². The van der Waals surface area contributed by atoms with Crippen LogP contribution in [0.5, 0.6) is 5.75 Å². The highest BCUT2D eigenvalue weighted by atomic mass is 32.1. The molecule has 0 radical (unpaired) electrons. The van der Waals surface area contributed by atoms with Crippen LogP contribution in [0, 0.1) is 5.92 Å². The Labute approximate surface area is 157 Å². The highest BCUT2D eigenvalue weighted by Crippen LogP contribution is 2.30. The van der Waals surface area contributed by atoms with Crippen molar-refractivity contribution in [2.45, 2.75) is 38.6 Å². The maximum atomic E-state index is 12.7. The second-order valence-electron chi connectivity index (χ2n) is 6.48. The fraction of sp³-hybridized carbons (Fsp3) is 0.421. The quantitative estimate of drug-likeness (QED) is 0.813. The summed E-state index contributed by atoms with van der Waals surface area (Å²) in [5.41, 5.74) is 1.75. The van der Waals surface area contributed by atoms with Gasteiger partial charge in [-0.2, -0.15) is 0 Å². The number of carbonyl (C=O) groups excluding carboxylic acids is 2. The number of methoxy groups -OCH3 is 1. The molecule has 0 bridgehead atoms. The minimum atomic E-state index is -0.497. The standard InChI is InChI=1S/C19H23N3O3S/c1-12(23)20-17(14-5-3-4-6-14)18(24)22-19-21-16(11-26-19)13-7-9-15(25-2)10-8-13/h7-11,14,17H,3-6H2,1-2H3,(H,20,23)(H,21,22,24). The van der Waals surface area contributed by atoms with E-state index >= 15 is 0 Å². The number of amides is 2. The van der Waals surface area contributed by atoms with E-state index in [1.54, 1.807) is 7.11 Å². The van der Waals surface area contributed by atoms with Crippen molar-refractivity contribution >= 4 is 28.3 Å². The van der Waals surface area contributed by atoms with Crippen LogP contribution in [0.15, 0.2) is 29.6 Å². The van der Waals surface area contributed by atoms with Gasteiger partial charge in [0.2, 0.25) is 11.8 Å². The SMILES string of the molecule is COc1ccc(-c2csc(NC(=O)C(NC(C)=O)C3CCCC3)n2)cc1. The highest BCUT2D eigenvalue weighted by Gasteiger charge is 2.31. The third-order valence-electron chi connectivity index (χ3n) is 4.63. The minimum Gasteiger partial charge on any atom is -0.497 e. The van der Waals surface area contributed by atoms with E-state index in [1.807, 2.05) is 29.6 Å². The van der Waals surface area contributed by atoms with E-state index in [0.717, 1.165) is 42.7 Å². The predicted molar refractivity (Wildman–Crippen MR) is 102 cm³/mol. The first-order valence-electron chi connectivity index (χ1n) is 8.74. The Morgan fingerprint density at radius 1 is 1.23 bits per heavy atom. The van der Waals surface area contributed by atoms with Gasteiger partial charge in [0.1, 0.15) is 11.8 Å². The van der Waals surface area contributed by atoms with Crippen LogP contribution < -0.4 is 15.4 Å². The first-order chi connectivity index (χ1) is 12.6. The highest BCUT2D eigenvalue weighted by molar-refractivity contribution is 7.14. The average molecular weight is 373 g/mol. The van der Waals surface area contributed by atoms with Crippen molar-refractivity contribution < 1.29 is 14.3 Å². The lowest BCUT2D eigenvalue weighted by Crippen LogP contribution is -2.47. The number of hydrogen-bond acceptors (Lipinski definition) is 5. The van der Waals surface area contributed by atoms with E-state index < -0.39 is 6.04 Å². The topological polar surface area (TPSA) is 80.3 Å². The van der Waals surface area contributed by atoms with Crippen molar-refractivity contribution in [2.75, 3.05) is 12.4 Å². The van der Waals surface area contributed by atoms with Gasteiger partial charge in [0.15, 0.2) is 5.13 Å². The Balaban J connectivity index is 1.69. The number of benzene rings is 1. The number of thiazole rings is 1. The van der Waals surface area contributed by atoms with Gasteiger partial charge in [0, 0.05) is 17.9 Å². The van der Waals surface area contributed by atoms with E-state index in [4.69, 9.17) is 4.74 Å². The molecule has 1 atom stereocenters. The number of hydrogen-bond donors (Lipinski definition) is 2. The number of nitrogens with zero attached hydrogens (tertiary/aromatic N) is 1. The summed E-state index contributed by atoms with van der Waals surface area (Å²) in [6.45, 7) is 1.44. The van der Waals surface area contributed by atoms with Crippen molar-refractivity contribution in [3.05, 3.63) is 29.6 Å². The van der Waals surface area contributed by atoms with Crippen molar-refractivity contribution in [2.24, 2.45) is 5.92 Å². The molecule has 2 N–H and O–H groups in total. The van der Waals surface area contributed by atoms with Crippen LogP contribution >= 0.6 is 11.3 Å². The Morgan fingerprint density at radius 3 is 2.54 bits per heavy atom. The molecule has 1 fully saturated rings. The molecular weight excluding hydrogens is 350 g/mol. The van der Waals surface area contributed by atoms with Gasteiger partial charge in [-0.15, -0.1) is 11.3 Å². The molecule has 26 heavy (non-hydrogen) atoms. The molecule has 138 valence electrons. The van der Waals surface area contributed by atoms with Crippen LogP contribution in [0.25, 0.3) is 11.3 Å². The summed E-state index contributed by atoms with van der Waals surface area (Å²) < 4.78 is 5.16. The Hall–Kier alpha value is -2.41. The number of nitrogens with one attached hydrogen (secondary N) is 2. The third kappa shape index (κ3) is 4.40. The van der Waals surface area contributed by atoms with Gasteiger partial charge in [-0.3, -0.25) is 9.59 Å². The number of rotatable bonds is 6. The minimum absolute atomic E-state index is 0.185. The molecule has 0 saturated heterocycles. The maximum absolute atomic E-state index is 12.7. The molecule has 1 saturated carbocycles. The summed E-state index contributed by atoms with van der Waals surface area (Å²) in [5.74, 6) is 0.602. The average Bonchev–Trinajstić information content (AvgIpc) is 3.31. The maximum Gasteiger partial charge on any atom is 0.249 e. The van der Waals surface area contributed by atoms with Crippen LogP contribution in [0.2, 0.25) is 0 Å². The normalized spacial score (nSPS) is 15.5. The summed E-state index contributed by atoms with van der Waals surface area (Å²) in [4.78, 5) is 28.7. The van der Waals surface area contributed by atoms with Crippen LogP contribution in [0.1, 0.15) is 32.6 Å². The largest absolute Gasteiger partial charge is 0.497 e. The molecule has 1 heterocycles. The Bertz CT molecular complexity index is 767. The van der Waals surface area contributed by atoms with Crippen molar-refractivity contribution in [1.29, 1.82) is 0 Å². The van der Waals surface area contributed by atoms with Crippen LogP contribution in [0.4, 0.5) is 5.13 Å². The lowest BCUT2D eigenvalue weighted by Gasteiger charge is -2.22. The summed E-state index contributed by atoms with van der Waals surface area (Å²) in [6, 6.07) is 7.11. The summed E-state index contributed by atoms with van der Waals surface area (Å²) >= 11 is 1.37. The van der Waals surface area contributed by atoms with Gasteiger partial charge in [0.25, 0.3) is 0 Å². The Kier molecular flexibility index (Phi) is 5.88. The molecule has 7 heteroatoms. The van der Waals surface area contributed by atoms with Gasteiger partial charge >= 0.3 is 0 Å². The van der Waals surface area contributed by atoms with E-state index in [0.29, 0.717) is 5.13 Å². The summed E-state index contributed by atoms with van der Waals surface area (Å²) in [5, 5.41) is 8.11. The molecule has 1 aromatic carbocycles. The fourth-order valence-electron chi connectivity index (χ4n) is 3.32. The Morgan fingerprint density at radius 2 is 1.92 bits per heavy atom. The molecule has 1 aliphatic carbocycles. The van der Waals surface area contributed by atoms with Gasteiger partial charge in [-0.05, 0) is 43.0 Å². The molecular formula is C19H23N3O3S. The molecule has 6 nitrogen and oxygen atoms in total. The third-order valence-corrected chi connectivity index (χ3v) is 5.39. The van der Waals surface area contributed by atoms with Crippen LogP contribution in [0.3, 0.4) is 0 Å². The van der Waals surface area contributed by atoms with Crippen LogP contribution in [-0.4, -0.2) is 29.9 Å². The first-order valence-corrected chi connectivity index (χ1v) is 9.62. The zero-order chi connectivity index (χ0) is 18.5. The molecule has 1 aromatic heterocycles. The molecule has 0 spiro atoms. The number of carbonyl (C=O) groups is 2. The van der Waals surface area contributed by atoms with E-state index in [1.165, 1.54) is 18.3 Å².